The van der Waals surface area contributed by atoms with E-state index in [0.717, 1.165) is 73.3 Å². The van der Waals surface area contributed by atoms with Gasteiger partial charge in [-0.1, -0.05) is 155 Å². The molecule has 16 heteroatoms. The zero-order valence-corrected chi connectivity index (χ0v) is 42.8. The van der Waals surface area contributed by atoms with Crippen LogP contribution in [-0.4, -0.2) is 118 Å². The normalized spacial score (nSPS) is 19.4. The van der Waals surface area contributed by atoms with Gasteiger partial charge in [-0.15, -0.1) is 0 Å². The van der Waals surface area contributed by atoms with E-state index < -0.39 is 91.1 Å². The highest BCUT2D eigenvalue weighted by Gasteiger charge is 2.59. The van der Waals surface area contributed by atoms with Gasteiger partial charge in [0.05, 0.1) is 32.8 Å². The number of amides is 1. The highest BCUT2D eigenvalue weighted by Crippen LogP contribution is 2.37. The molecule has 1 rings (SSSR count). The maximum atomic E-state index is 14.0. The second kappa shape index (κ2) is 38.5. The molecule has 0 aromatic rings. The van der Waals surface area contributed by atoms with Crippen LogP contribution in [0.4, 0.5) is 0 Å². The number of methoxy groups -OCH3 is 1. The predicted octanol–water partition coefficient (Wildman–Crippen LogP) is 9.33. The van der Waals surface area contributed by atoms with Gasteiger partial charge >= 0.3 is 29.8 Å². The lowest BCUT2D eigenvalue weighted by molar-refractivity contribution is -0.319. The molecule has 1 N–H and O–H groups in total. The van der Waals surface area contributed by atoms with E-state index in [-0.39, 0.29) is 13.2 Å². The van der Waals surface area contributed by atoms with Crippen LogP contribution in [0.15, 0.2) is 0 Å². The van der Waals surface area contributed by atoms with Crippen LogP contribution in [0.25, 0.3) is 0 Å². The van der Waals surface area contributed by atoms with E-state index in [4.69, 9.17) is 42.6 Å². The minimum absolute atomic E-state index is 0.145. The highest BCUT2D eigenvalue weighted by atomic mass is 16.7. The van der Waals surface area contributed by atoms with Crippen molar-refractivity contribution in [1.29, 1.82) is 0 Å². The van der Waals surface area contributed by atoms with Gasteiger partial charge in [-0.25, -0.2) is 4.79 Å². The first-order chi connectivity index (χ1) is 32.2. The molecule has 0 aromatic heterocycles. The second-order valence-electron chi connectivity index (χ2n) is 18.1. The molecule has 390 valence electrons. The monoisotopic (exact) mass is 958 g/mol. The van der Waals surface area contributed by atoms with E-state index >= 15 is 0 Å². The van der Waals surface area contributed by atoms with Crippen molar-refractivity contribution in [3.63, 3.8) is 0 Å². The molecule has 1 heterocycles. The SMILES string of the molecule is CCCCCCCCCCCCCCOC[C@H](CO[C@]1(C(=O)OC)C[C@H](OC(C)=O)[C@@H](NC(C)=O)[C@H]([C@H](OC(C)=O)[C@@H](COC(C)=O)OC(C)=O)O1)OCCCCCCCCCCCCCC. The summed E-state index contributed by atoms with van der Waals surface area (Å²) >= 11 is 0. The molecule has 1 aliphatic rings. The Bertz CT molecular complexity index is 1360. The van der Waals surface area contributed by atoms with Gasteiger partial charge in [0.15, 0.2) is 12.2 Å². The molecule has 1 fully saturated rings. The first-order valence-corrected chi connectivity index (χ1v) is 25.7. The third kappa shape index (κ3) is 29.3. The molecular weight excluding hydrogens is 867 g/mol. The van der Waals surface area contributed by atoms with Crippen LogP contribution in [0.1, 0.15) is 209 Å². The van der Waals surface area contributed by atoms with Crippen LogP contribution >= 0.6 is 0 Å². The fraction of sp³-hybridized carbons (Fsp3) is 0.882. The topological polar surface area (TPSA) is 198 Å². The Morgan fingerprint density at radius 2 is 1.06 bits per heavy atom. The third-order valence-corrected chi connectivity index (χ3v) is 11.8. The lowest BCUT2D eigenvalue weighted by Gasteiger charge is -2.48. The van der Waals surface area contributed by atoms with Gasteiger partial charge in [0, 0.05) is 47.8 Å². The molecular formula is C51H91NO15. The molecule has 0 spiro atoms. The van der Waals surface area contributed by atoms with Crippen molar-refractivity contribution in [2.24, 2.45) is 0 Å². The predicted molar refractivity (Wildman–Crippen MR) is 254 cm³/mol. The summed E-state index contributed by atoms with van der Waals surface area (Å²) in [6.45, 7) is 10.4. The molecule has 0 radical (unpaired) electrons. The number of esters is 5. The summed E-state index contributed by atoms with van der Waals surface area (Å²) in [5.74, 6) is -7.17. The Morgan fingerprint density at radius 1 is 0.582 bits per heavy atom. The molecule has 1 amide bonds. The Labute approximate surface area is 403 Å². The van der Waals surface area contributed by atoms with Crippen molar-refractivity contribution >= 4 is 35.8 Å². The Hall–Kier alpha value is -3.34. The van der Waals surface area contributed by atoms with E-state index in [2.05, 4.69) is 19.2 Å². The molecule has 0 bridgehead atoms. The van der Waals surface area contributed by atoms with Crippen molar-refractivity contribution in [3.05, 3.63) is 0 Å². The smallest absolute Gasteiger partial charge is 0.366 e. The molecule has 1 saturated heterocycles. The molecule has 0 aliphatic carbocycles. The molecule has 16 nitrogen and oxygen atoms in total. The zero-order chi connectivity index (χ0) is 49.7. The number of hydrogen-bond acceptors (Lipinski definition) is 15. The van der Waals surface area contributed by atoms with Gasteiger partial charge in [0.2, 0.25) is 5.91 Å². The van der Waals surface area contributed by atoms with E-state index in [9.17, 15) is 28.8 Å². The van der Waals surface area contributed by atoms with Crippen molar-refractivity contribution in [2.45, 2.75) is 251 Å². The lowest BCUT2D eigenvalue weighted by Crippen LogP contribution is -2.69. The van der Waals surface area contributed by atoms with Crippen molar-refractivity contribution in [1.82, 2.24) is 5.32 Å². The fourth-order valence-electron chi connectivity index (χ4n) is 8.37. The second-order valence-corrected chi connectivity index (χ2v) is 18.1. The Balaban J connectivity index is 3.27. The average Bonchev–Trinajstić information content (AvgIpc) is 3.27. The minimum Gasteiger partial charge on any atom is -0.465 e. The van der Waals surface area contributed by atoms with E-state index in [1.807, 2.05) is 0 Å². The molecule has 0 aromatic carbocycles. The van der Waals surface area contributed by atoms with Gasteiger partial charge in [-0.05, 0) is 12.8 Å². The summed E-state index contributed by atoms with van der Waals surface area (Å²) in [4.78, 5) is 76.2. The standard InChI is InChI=1S/C51H91NO15/c1-9-11-13-15-17-19-21-23-25-27-29-31-33-60-36-44(61-34-32-30-28-26-24-22-20-18-16-14-12-10-2)37-63-51(50(58)59-8)35-45(64-41(5)55)47(52-39(3)53)49(67-51)48(66-43(7)57)46(65-42(6)56)38-62-40(4)54/h44-49H,9-38H2,1-8H3,(H,52,53)/t44-,45+,46-,47-,48-,49-,51-/m1/s1. The maximum Gasteiger partial charge on any atom is 0.366 e. The first kappa shape index (κ1) is 61.7. The van der Waals surface area contributed by atoms with Gasteiger partial charge in [-0.2, -0.15) is 0 Å². The molecule has 67 heavy (non-hydrogen) atoms. The summed E-state index contributed by atoms with van der Waals surface area (Å²) in [5.41, 5.74) is 0. The van der Waals surface area contributed by atoms with Crippen molar-refractivity contribution in [2.75, 3.05) is 40.1 Å². The number of carbonyl (C=O) groups excluding carboxylic acids is 6. The van der Waals surface area contributed by atoms with Crippen LogP contribution in [-0.2, 0) is 71.4 Å². The number of unbranched alkanes of at least 4 members (excludes halogenated alkanes) is 22. The van der Waals surface area contributed by atoms with Gasteiger partial charge in [0.1, 0.15) is 24.9 Å². The molecule has 7 atom stereocenters. The lowest BCUT2D eigenvalue weighted by atomic mass is 9.88. The summed E-state index contributed by atoms with van der Waals surface area (Å²) in [6, 6.07) is -1.31. The van der Waals surface area contributed by atoms with E-state index in [1.54, 1.807) is 0 Å². The van der Waals surface area contributed by atoms with Crippen LogP contribution in [0.5, 0.6) is 0 Å². The summed E-state index contributed by atoms with van der Waals surface area (Å²) in [7, 11) is 1.12. The molecule has 0 saturated carbocycles. The highest BCUT2D eigenvalue weighted by molar-refractivity contribution is 5.79. The Morgan fingerprint density at radius 3 is 1.49 bits per heavy atom. The van der Waals surface area contributed by atoms with Crippen LogP contribution < -0.4 is 5.32 Å². The van der Waals surface area contributed by atoms with Gasteiger partial charge in [0.25, 0.3) is 5.79 Å². The van der Waals surface area contributed by atoms with Crippen molar-refractivity contribution < 1.29 is 71.4 Å². The molecule has 1 aliphatic heterocycles. The number of ether oxygens (including phenoxy) is 9. The maximum absolute atomic E-state index is 14.0. The van der Waals surface area contributed by atoms with E-state index in [1.165, 1.54) is 122 Å². The minimum atomic E-state index is -2.35. The van der Waals surface area contributed by atoms with E-state index in [0.29, 0.717) is 13.2 Å². The third-order valence-electron chi connectivity index (χ3n) is 11.8. The van der Waals surface area contributed by atoms with Crippen LogP contribution in [0.3, 0.4) is 0 Å². The van der Waals surface area contributed by atoms with Gasteiger partial charge < -0.3 is 47.9 Å². The summed E-state index contributed by atoms with van der Waals surface area (Å²) in [6.07, 6.45) is 21.7. The fourth-order valence-corrected chi connectivity index (χ4v) is 8.37. The quantitative estimate of drug-likeness (QED) is 0.0345. The average molecular weight is 958 g/mol. The van der Waals surface area contributed by atoms with Gasteiger partial charge in [-0.3, -0.25) is 24.0 Å². The number of rotatable bonds is 41. The molecule has 0 unspecified atom stereocenters. The first-order valence-electron chi connectivity index (χ1n) is 25.7. The van der Waals surface area contributed by atoms with Crippen LogP contribution in [0.2, 0.25) is 0 Å². The summed E-state index contributed by atoms with van der Waals surface area (Å²) < 4.78 is 52.6. The number of carbonyl (C=O) groups is 6. The zero-order valence-electron chi connectivity index (χ0n) is 42.8. The Kier molecular flexibility index (Phi) is 35.4. The largest absolute Gasteiger partial charge is 0.465 e. The van der Waals surface area contributed by atoms with Crippen molar-refractivity contribution in [3.8, 4) is 0 Å². The number of nitrogens with one attached hydrogen (secondary N) is 1. The number of hydrogen-bond donors (Lipinski definition) is 1. The van der Waals surface area contributed by atoms with Crippen LogP contribution in [0, 0.1) is 0 Å². The summed E-state index contributed by atoms with van der Waals surface area (Å²) in [5, 5.41) is 2.68.